The van der Waals surface area contributed by atoms with Crippen molar-refractivity contribution in [1.82, 2.24) is 4.90 Å². The van der Waals surface area contributed by atoms with E-state index in [1.54, 1.807) is 24.3 Å². The maximum Gasteiger partial charge on any atom is 0.258 e. The number of hydrogen-bond acceptors (Lipinski definition) is 2. The van der Waals surface area contributed by atoms with Crippen LogP contribution in [0.4, 0.5) is 5.69 Å². The lowest BCUT2D eigenvalue weighted by Crippen LogP contribution is -2.32. The third-order valence-corrected chi connectivity index (χ3v) is 5.40. The smallest absolute Gasteiger partial charge is 0.258 e. The molecule has 1 fully saturated rings. The summed E-state index contributed by atoms with van der Waals surface area (Å²) in [5.74, 6) is 0.0844. The molecule has 4 rings (SSSR count). The van der Waals surface area contributed by atoms with E-state index in [4.69, 9.17) is 0 Å². The number of carbonyl (C=O) groups is 2. The Morgan fingerprint density at radius 1 is 0.692 bits per heavy atom. The zero-order valence-electron chi connectivity index (χ0n) is 15.0. The first-order chi connectivity index (χ1) is 12.7. The standard InChI is InChI=1S/C22H24N2O2/c25-21(23-14-5-1-2-6-15-23)18-9-11-19(12-10-18)22(26)24-16-13-17-7-3-4-8-20(17)24/h3-4,7-12H,1-2,5-6,13-16H2. The highest BCUT2D eigenvalue weighted by molar-refractivity contribution is 6.07. The molecule has 0 bridgehead atoms. The fraction of sp³-hybridized carbons (Fsp3) is 0.364. The summed E-state index contributed by atoms with van der Waals surface area (Å²) in [6.45, 7) is 2.39. The minimum Gasteiger partial charge on any atom is -0.339 e. The van der Waals surface area contributed by atoms with Crippen molar-refractivity contribution in [3.63, 3.8) is 0 Å². The summed E-state index contributed by atoms with van der Waals surface area (Å²) in [6.07, 6.45) is 5.46. The lowest BCUT2D eigenvalue weighted by Gasteiger charge is -2.21. The van der Waals surface area contributed by atoms with Crippen molar-refractivity contribution in [3.05, 3.63) is 65.2 Å². The molecule has 0 unspecified atom stereocenters. The van der Waals surface area contributed by atoms with Gasteiger partial charge in [-0.2, -0.15) is 0 Å². The van der Waals surface area contributed by atoms with Crippen LogP contribution in [-0.2, 0) is 6.42 Å². The van der Waals surface area contributed by atoms with Crippen molar-refractivity contribution in [2.75, 3.05) is 24.5 Å². The number of amides is 2. The Bertz CT molecular complexity index is 805. The Hall–Kier alpha value is -2.62. The van der Waals surface area contributed by atoms with Gasteiger partial charge in [0, 0.05) is 36.4 Å². The molecular formula is C22H24N2O2. The number of anilines is 1. The molecule has 2 aliphatic rings. The highest BCUT2D eigenvalue weighted by Gasteiger charge is 2.25. The highest BCUT2D eigenvalue weighted by atomic mass is 16.2. The van der Waals surface area contributed by atoms with E-state index in [1.165, 1.54) is 18.4 Å². The Morgan fingerprint density at radius 3 is 2.00 bits per heavy atom. The Balaban J connectivity index is 1.49. The van der Waals surface area contributed by atoms with Crippen molar-refractivity contribution < 1.29 is 9.59 Å². The molecule has 0 aromatic heterocycles. The number of rotatable bonds is 2. The van der Waals surface area contributed by atoms with E-state index in [1.807, 2.05) is 28.0 Å². The van der Waals surface area contributed by atoms with E-state index in [0.717, 1.165) is 38.0 Å². The van der Waals surface area contributed by atoms with Crippen LogP contribution in [0.15, 0.2) is 48.5 Å². The molecule has 1 saturated heterocycles. The molecule has 4 nitrogen and oxygen atoms in total. The number of likely N-dealkylation sites (tertiary alicyclic amines) is 1. The molecule has 0 N–H and O–H groups in total. The predicted molar refractivity (Wildman–Crippen MR) is 103 cm³/mol. The topological polar surface area (TPSA) is 40.6 Å². The van der Waals surface area contributed by atoms with E-state index < -0.39 is 0 Å². The Morgan fingerprint density at radius 2 is 1.31 bits per heavy atom. The summed E-state index contributed by atoms with van der Waals surface area (Å²) in [6, 6.07) is 15.2. The molecular weight excluding hydrogens is 324 g/mol. The van der Waals surface area contributed by atoms with Gasteiger partial charge >= 0.3 is 0 Å². The van der Waals surface area contributed by atoms with Crippen LogP contribution in [0.3, 0.4) is 0 Å². The fourth-order valence-electron chi connectivity index (χ4n) is 3.92. The maximum atomic E-state index is 12.9. The summed E-state index contributed by atoms with van der Waals surface area (Å²) in [4.78, 5) is 29.3. The van der Waals surface area contributed by atoms with Crippen LogP contribution in [0.1, 0.15) is 52.0 Å². The third-order valence-electron chi connectivity index (χ3n) is 5.40. The number of para-hydroxylation sites is 1. The van der Waals surface area contributed by atoms with Crippen LogP contribution < -0.4 is 4.90 Å². The summed E-state index contributed by atoms with van der Waals surface area (Å²) in [5, 5.41) is 0. The van der Waals surface area contributed by atoms with Gasteiger partial charge in [-0.05, 0) is 55.2 Å². The molecule has 134 valence electrons. The zero-order valence-corrected chi connectivity index (χ0v) is 15.0. The minimum atomic E-state index is 0.00345. The largest absolute Gasteiger partial charge is 0.339 e. The fourth-order valence-corrected chi connectivity index (χ4v) is 3.92. The zero-order chi connectivity index (χ0) is 17.9. The molecule has 2 amide bonds. The minimum absolute atomic E-state index is 0.00345. The van der Waals surface area contributed by atoms with Gasteiger partial charge in [0.05, 0.1) is 0 Å². The Kier molecular flexibility index (Phi) is 4.74. The normalized spacial score (nSPS) is 16.9. The quantitative estimate of drug-likeness (QED) is 0.826. The van der Waals surface area contributed by atoms with Gasteiger partial charge in [-0.1, -0.05) is 31.0 Å². The average molecular weight is 348 g/mol. The van der Waals surface area contributed by atoms with Crippen LogP contribution in [0.25, 0.3) is 0 Å². The molecule has 2 aromatic carbocycles. The van der Waals surface area contributed by atoms with Crippen molar-refractivity contribution in [2.24, 2.45) is 0 Å². The molecule has 0 aliphatic carbocycles. The van der Waals surface area contributed by atoms with Crippen molar-refractivity contribution in [2.45, 2.75) is 32.1 Å². The molecule has 2 aromatic rings. The molecule has 0 spiro atoms. The molecule has 0 radical (unpaired) electrons. The monoisotopic (exact) mass is 348 g/mol. The van der Waals surface area contributed by atoms with Gasteiger partial charge in [0.15, 0.2) is 0 Å². The second kappa shape index (κ2) is 7.32. The average Bonchev–Trinajstić information content (AvgIpc) is 2.93. The first-order valence-corrected chi connectivity index (χ1v) is 9.53. The van der Waals surface area contributed by atoms with Crippen LogP contribution >= 0.6 is 0 Å². The van der Waals surface area contributed by atoms with E-state index in [0.29, 0.717) is 17.7 Å². The molecule has 0 atom stereocenters. The van der Waals surface area contributed by atoms with Crippen LogP contribution in [0.2, 0.25) is 0 Å². The van der Waals surface area contributed by atoms with Gasteiger partial charge in [0.25, 0.3) is 11.8 Å². The third kappa shape index (κ3) is 3.24. The van der Waals surface area contributed by atoms with E-state index in [2.05, 4.69) is 6.07 Å². The van der Waals surface area contributed by atoms with Gasteiger partial charge in [0.2, 0.25) is 0 Å². The van der Waals surface area contributed by atoms with Gasteiger partial charge < -0.3 is 9.80 Å². The summed E-state index contributed by atoms with van der Waals surface area (Å²) in [5.41, 5.74) is 3.52. The Labute approximate surface area is 154 Å². The van der Waals surface area contributed by atoms with E-state index in [-0.39, 0.29) is 11.8 Å². The molecule has 0 saturated carbocycles. The van der Waals surface area contributed by atoms with Crippen molar-refractivity contribution >= 4 is 17.5 Å². The number of hydrogen-bond donors (Lipinski definition) is 0. The maximum absolute atomic E-state index is 12.9. The number of nitrogens with zero attached hydrogens (tertiary/aromatic N) is 2. The van der Waals surface area contributed by atoms with Crippen LogP contribution in [0, 0.1) is 0 Å². The van der Waals surface area contributed by atoms with Crippen molar-refractivity contribution in [3.8, 4) is 0 Å². The van der Waals surface area contributed by atoms with Crippen LogP contribution in [0.5, 0.6) is 0 Å². The molecule has 4 heteroatoms. The lowest BCUT2D eigenvalue weighted by atomic mass is 10.1. The number of carbonyl (C=O) groups excluding carboxylic acids is 2. The number of benzene rings is 2. The van der Waals surface area contributed by atoms with Crippen LogP contribution in [-0.4, -0.2) is 36.3 Å². The molecule has 2 aliphatic heterocycles. The summed E-state index contributed by atoms with van der Waals surface area (Å²) in [7, 11) is 0. The molecule has 2 heterocycles. The first kappa shape index (κ1) is 16.8. The second-order valence-corrected chi connectivity index (χ2v) is 7.12. The molecule has 26 heavy (non-hydrogen) atoms. The summed E-state index contributed by atoms with van der Waals surface area (Å²) < 4.78 is 0. The van der Waals surface area contributed by atoms with Gasteiger partial charge in [-0.15, -0.1) is 0 Å². The predicted octanol–water partition coefficient (Wildman–Crippen LogP) is 3.91. The van der Waals surface area contributed by atoms with Gasteiger partial charge in [-0.25, -0.2) is 0 Å². The highest BCUT2D eigenvalue weighted by Crippen LogP contribution is 2.29. The van der Waals surface area contributed by atoms with E-state index >= 15 is 0 Å². The SMILES string of the molecule is O=C(c1ccc(C(=O)N2CCc3ccccc32)cc1)N1CCCCCC1. The first-order valence-electron chi connectivity index (χ1n) is 9.53. The lowest BCUT2D eigenvalue weighted by molar-refractivity contribution is 0.0761. The van der Waals surface area contributed by atoms with Gasteiger partial charge in [-0.3, -0.25) is 9.59 Å². The second-order valence-electron chi connectivity index (χ2n) is 7.12. The summed E-state index contributed by atoms with van der Waals surface area (Å²) >= 11 is 0. The van der Waals surface area contributed by atoms with E-state index in [9.17, 15) is 9.59 Å². The van der Waals surface area contributed by atoms with Crippen molar-refractivity contribution in [1.29, 1.82) is 0 Å². The number of fused-ring (bicyclic) bond motifs is 1. The van der Waals surface area contributed by atoms with Gasteiger partial charge in [0.1, 0.15) is 0 Å².